The van der Waals surface area contributed by atoms with Crippen LogP contribution in [0, 0.1) is 0 Å². The molecule has 2 aromatic carbocycles. The van der Waals surface area contributed by atoms with Crippen molar-refractivity contribution in [2.75, 3.05) is 13.1 Å². The third-order valence-corrected chi connectivity index (χ3v) is 4.69. The highest BCUT2D eigenvalue weighted by atomic mass is 16.2. The lowest BCUT2D eigenvalue weighted by Gasteiger charge is -2.07. The molecule has 0 aromatic heterocycles. The molecule has 0 fully saturated rings. The molecule has 2 N–H and O–H groups in total. The summed E-state index contributed by atoms with van der Waals surface area (Å²) < 4.78 is 0. The van der Waals surface area contributed by atoms with Crippen LogP contribution in [0.5, 0.6) is 0 Å². The van der Waals surface area contributed by atoms with Crippen LogP contribution in [-0.4, -0.2) is 24.9 Å². The van der Waals surface area contributed by atoms with Gasteiger partial charge in [0.1, 0.15) is 0 Å². The van der Waals surface area contributed by atoms with E-state index < -0.39 is 0 Å². The van der Waals surface area contributed by atoms with Crippen LogP contribution in [-0.2, 0) is 22.4 Å². The summed E-state index contributed by atoms with van der Waals surface area (Å²) in [4.78, 5) is 23.6. The molecule has 2 amide bonds. The van der Waals surface area contributed by atoms with E-state index in [-0.39, 0.29) is 24.7 Å². The van der Waals surface area contributed by atoms with E-state index in [4.69, 9.17) is 0 Å². The number of hydrogen-bond acceptors (Lipinski definition) is 2. The average molecular weight is 381 g/mol. The summed E-state index contributed by atoms with van der Waals surface area (Å²) in [6, 6.07) is 20.7. The zero-order chi connectivity index (χ0) is 19.9. The van der Waals surface area contributed by atoms with Crippen molar-refractivity contribution in [2.45, 2.75) is 51.4 Å². The summed E-state index contributed by atoms with van der Waals surface area (Å²) in [6.07, 6.45) is 6.58. The molecular formula is C24H32N2O2. The molecule has 4 heteroatoms. The van der Waals surface area contributed by atoms with Crippen molar-refractivity contribution in [3.63, 3.8) is 0 Å². The van der Waals surface area contributed by atoms with Crippen LogP contribution in [0.15, 0.2) is 60.7 Å². The molecule has 2 rings (SSSR count). The van der Waals surface area contributed by atoms with Gasteiger partial charge in [0.05, 0.1) is 0 Å². The van der Waals surface area contributed by atoms with Gasteiger partial charge < -0.3 is 10.6 Å². The maximum Gasteiger partial charge on any atom is 0.220 e. The van der Waals surface area contributed by atoms with Gasteiger partial charge >= 0.3 is 0 Å². The Bertz CT molecular complexity index is 625. The van der Waals surface area contributed by atoms with Crippen LogP contribution in [0.25, 0.3) is 0 Å². The number of rotatable bonds is 13. The second-order valence-corrected chi connectivity index (χ2v) is 7.09. The summed E-state index contributed by atoms with van der Waals surface area (Å²) in [7, 11) is 0. The fourth-order valence-electron chi connectivity index (χ4n) is 3.06. The summed E-state index contributed by atoms with van der Waals surface area (Å²) in [5.74, 6) is -0.0853. The van der Waals surface area contributed by atoms with E-state index in [1.165, 1.54) is 11.1 Å². The van der Waals surface area contributed by atoms with E-state index in [1.807, 2.05) is 36.4 Å². The Morgan fingerprint density at radius 3 is 1.36 bits per heavy atom. The number of carbonyl (C=O) groups is 2. The van der Waals surface area contributed by atoms with Crippen molar-refractivity contribution in [3.8, 4) is 0 Å². The fourth-order valence-corrected chi connectivity index (χ4v) is 3.06. The predicted molar refractivity (Wildman–Crippen MR) is 114 cm³/mol. The summed E-state index contributed by atoms with van der Waals surface area (Å²) in [5, 5.41) is 5.80. The Balaban J connectivity index is 1.42. The van der Waals surface area contributed by atoms with Crippen molar-refractivity contribution in [1.29, 1.82) is 0 Å². The van der Waals surface area contributed by atoms with Gasteiger partial charge in [-0.2, -0.15) is 0 Å². The third-order valence-electron chi connectivity index (χ3n) is 4.69. The quantitative estimate of drug-likeness (QED) is 0.515. The fraction of sp³-hybridized carbons (Fsp3) is 0.417. The first-order valence-electron chi connectivity index (χ1n) is 10.4. The molecule has 2 aromatic rings. The normalized spacial score (nSPS) is 10.4. The Morgan fingerprint density at radius 1 is 0.571 bits per heavy atom. The topological polar surface area (TPSA) is 58.2 Å². The van der Waals surface area contributed by atoms with Gasteiger partial charge in [0, 0.05) is 25.9 Å². The number of aryl methyl sites for hydroxylation is 2. The number of hydrogen-bond donors (Lipinski definition) is 2. The molecule has 0 bridgehead atoms. The molecule has 0 atom stereocenters. The standard InChI is InChI=1S/C24H32N2O2/c27-23(25-19-9-7-15-21-11-3-1-4-12-21)17-18-24(28)26-20-10-8-16-22-13-5-2-6-14-22/h1-6,11-14H,7-10,15-20H2,(H,25,27)(H,26,28). The molecule has 150 valence electrons. The number of amides is 2. The van der Waals surface area contributed by atoms with Crippen molar-refractivity contribution >= 4 is 11.8 Å². The van der Waals surface area contributed by atoms with Gasteiger partial charge in [-0.05, 0) is 49.7 Å². The molecule has 0 saturated heterocycles. The zero-order valence-corrected chi connectivity index (χ0v) is 16.7. The lowest BCUT2D eigenvalue weighted by molar-refractivity contribution is -0.126. The van der Waals surface area contributed by atoms with Gasteiger partial charge in [-0.3, -0.25) is 9.59 Å². The summed E-state index contributed by atoms with van der Waals surface area (Å²) >= 11 is 0. The van der Waals surface area contributed by atoms with Crippen molar-refractivity contribution in [3.05, 3.63) is 71.8 Å². The van der Waals surface area contributed by atoms with E-state index in [0.717, 1.165) is 38.5 Å². The minimum Gasteiger partial charge on any atom is -0.356 e. The molecule has 0 aliphatic rings. The Morgan fingerprint density at radius 2 is 0.964 bits per heavy atom. The third kappa shape index (κ3) is 9.91. The van der Waals surface area contributed by atoms with E-state index in [1.54, 1.807) is 0 Å². The van der Waals surface area contributed by atoms with Gasteiger partial charge in [0.2, 0.25) is 11.8 Å². The highest BCUT2D eigenvalue weighted by molar-refractivity contribution is 5.83. The lowest BCUT2D eigenvalue weighted by Crippen LogP contribution is -2.28. The summed E-state index contributed by atoms with van der Waals surface area (Å²) in [5.41, 5.74) is 2.66. The molecule has 0 saturated carbocycles. The molecule has 28 heavy (non-hydrogen) atoms. The lowest BCUT2D eigenvalue weighted by atomic mass is 10.1. The van der Waals surface area contributed by atoms with Crippen LogP contribution in [0.4, 0.5) is 0 Å². The number of carbonyl (C=O) groups excluding carboxylic acids is 2. The Labute approximate surface area is 168 Å². The number of benzene rings is 2. The molecular weight excluding hydrogens is 348 g/mol. The van der Waals surface area contributed by atoms with Gasteiger partial charge in [-0.25, -0.2) is 0 Å². The first-order chi connectivity index (χ1) is 13.7. The van der Waals surface area contributed by atoms with Crippen molar-refractivity contribution in [1.82, 2.24) is 10.6 Å². The Hall–Kier alpha value is -2.62. The van der Waals surface area contributed by atoms with Crippen LogP contribution in [0.3, 0.4) is 0 Å². The predicted octanol–water partition coefficient (Wildman–Crippen LogP) is 4.04. The van der Waals surface area contributed by atoms with E-state index in [2.05, 4.69) is 34.9 Å². The molecule has 0 aliphatic heterocycles. The smallest absolute Gasteiger partial charge is 0.220 e. The second-order valence-electron chi connectivity index (χ2n) is 7.09. The molecule has 0 radical (unpaired) electrons. The van der Waals surface area contributed by atoms with Gasteiger partial charge in [0.25, 0.3) is 0 Å². The first-order valence-corrected chi connectivity index (χ1v) is 10.4. The van der Waals surface area contributed by atoms with E-state index >= 15 is 0 Å². The molecule has 0 spiro atoms. The molecule has 0 unspecified atom stereocenters. The maximum absolute atomic E-state index is 11.8. The minimum atomic E-state index is -0.0426. The summed E-state index contributed by atoms with van der Waals surface area (Å²) in [6.45, 7) is 1.35. The number of nitrogens with one attached hydrogen (secondary N) is 2. The van der Waals surface area contributed by atoms with Crippen molar-refractivity contribution < 1.29 is 9.59 Å². The van der Waals surface area contributed by atoms with Crippen molar-refractivity contribution in [2.24, 2.45) is 0 Å². The monoisotopic (exact) mass is 380 g/mol. The zero-order valence-electron chi connectivity index (χ0n) is 16.7. The van der Waals surface area contributed by atoms with Gasteiger partial charge in [-0.1, -0.05) is 60.7 Å². The van der Waals surface area contributed by atoms with Crippen LogP contribution in [0.1, 0.15) is 49.7 Å². The molecule has 0 heterocycles. The minimum absolute atomic E-state index is 0.0426. The van der Waals surface area contributed by atoms with Gasteiger partial charge in [-0.15, -0.1) is 0 Å². The molecule has 4 nitrogen and oxygen atoms in total. The molecule has 0 aliphatic carbocycles. The van der Waals surface area contributed by atoms with Crippen LogP contribution in [0.2, 0.25) is 0 Å². The van der Waals surface area contributed by atoms with E-state index in [9.17, 15) is 9.59 Å². The Kier molecular flexibility index (Phi) is 10.5. The first kappa shape index (κ1) is 21.7. The SMILES string of the molecule is O=C(CCC(=O)NCCCCc1ccccc1)NCCCCc1ccccc1. The van der Waals surface area contributed by atoms with Crippen LogP contribution < -0.4 is 10.6 Å². The second kappa shape index (κ2) is 13.5. The highest BCUT2D eigenvalue weighted by Gasteiger charge is 2.06. The largest absolute Gasteiger partial charge is 0.356 e. The van der Waals surface area contributed by atoms with Crippen LogP contribution >= 0.6 is 0 Å². The maximum atomic E-state index is 11.8. The number of unbranched alkanes of at least 4 members (excludes halogenated alkanes) is 2. The van der Waals surface area contributed by atoms with Gasteiger partial charge in [0.15, 0.2) is 0 Å². The average Bonchev–Trinajstić information content (AvgIpc) is 2.73. The highest BCUT2D eigenvalue weighted by Crippen LogP contribution is 2.05. The van der Waals surface area contributed by atoms with E-state index in [0.29, 0.717) is 13.1 Å².